The molecular weight excluding hydrogens is 160 g/mol. The van der Waals surface area contributed by atoms with E-state index < -0.39 is 4.92 Å². The second-order valence-corrected chi connectivity index (χ2v) is 2.06. The number of benzene rings is 1. The summed E-state index contributed by atoms with van der Waals surface area (Å²) in [6, 6.07) is 6.02. The number of rotatable bonds is 2. The summed E-state index contributed by atoms with van der Waals surface area (Å²) >= 11 is 0. The highest BCUT2D eigenvalue weighted by atomic mass is 16.6. The van der Waals surface area contributed by atoms with Crippen molar-refractivity contribution in [3.8, 4) is 0 Å². The second-order valence-electron chi connectivity index (χ2n) is 2.06. The first-order chi connectivity index (χ1) is 5.75. The van der Waals surface area contributed by atoms with Crippen molar-refractivity contribution in [1.82, 2.24) is 0 Å². The summed E-state index contributed by atoms with van der Waals surface area (Å²) in [5, 5.41) is 21.3. The molecule has 0 aliphatic rings. The minimum atomic E-state index is -0.531. The third-order valence-electron chi connectivity index (χ3n) is 1.33. The molecule has 0 aliphatic heterocycles. The summed E-state index contributed by atoms with van der Waals surface area (Å²) in [5.74, 6) is 0. The van der Waals surface area contributed by atoms with Crippen molar-refractivity contribution in [3.05, 3.63) is 39.9 Å². The summed E-state index contributed by atoms with van der Waals surface area (Å²) in [5.41, 5.74) is 0.209. The highest BCUT2D eigenvalue weighted by Crippen LogP contribution is 2.14. The molecule has 0 amide bonds. The van der Waals surface area contributed by atoms with Crippen LogP contribution >= 0.6 is 0 Å². The standard InChI is InChI=1S/C7H6N2O3/c10-8-5-6-3-1-2-4-7(6)9(11)12/h1-5,10H. The van der Waals surface area contributed by atoms with Gasteiger partial charge in [-0.25, -0.2) is 0 Å². The summed E-state index contributed by atoms with van der Waals surface area (Å²) < 4.78 is 0. The van der Waals surface area contributed by atoms with Gasteiger partial charge in [0.1, 0.15) is 0 Å². The maximum absolute atomic E-state index is 10.4. The molecule has 62 valence electrons. The van der Waals surface area contributed by atoms with E-state index in [9.17, 15) is 10.1 Å². The second kappa shape index (κ2) is 3.47. The molecule has 0 aromatic heterocycles. The van der Waals surface area contributed by atoms with Gasteiger partial charge in [-0.1, -0.05) is 17.3 Å². The van der Waals surface area contributed by atoms with Gasteiger partial charge in [0.05, 0.1) is 16.7 Å². The van der Waals surface area contributed by atoms with Crippen molar-refractivity contribution in [2.45, 2.75) is 0 Å². The van der Waals surface area contributed by atoms with E-state index in [1.54, 1.807) is 12.1 Å². The Morgan fingerprint density at radius 3 is 2.75 bits per heavy atom. The lowest BCUT2D eigenvalue weighted by Gasteiger charge is -1.93. The molecular formula is C7H6N2O3. The molecule has 12 heavy (non-hydrogen) atoms. The zero-order valence-corrected chi connectivity index (χ0v) is 6.04. The number of nitro groups is 1. The number of para-hydroxylation sites is 1. The molecule has 5 nitrogen and oxygen atoms in total. The van der Waals surface area contributed by atoms with Crippen molar-refractivity contribution in [1.29, 1.82) is 0 Å². The molecule has 1 N–H and O–H groups in total. The van der Waals surface area contributed by atoms with Crippen molar-refractivity contribution in [2.75, 3.05) is 0 Å². The lowest BCUT2D eigenvalue weighted by Crippen LogP contribution is -1.93. The zero-order chi connectivity index (χ0) is 8.97. The predicted molar refractivity (Wildman–Crippen MR) is 42.5 cm³/mol. The van der Waals surface area contributed by atoms with Crippen LogP contribution in [0.4, 0.5) is 5.69 Å². The van der Waals surface area contributed by atoms with Gasteiger partial charge in [0.2, 0.25) is 0 Å². The van der Waals surface area contributed by atoms with Crippen LogP contribution in [0.2, 0.25) is 0 Å². The normalized spacial score (nSPS) is 10.3. The highest BCUT2D eigenvalue weighted by Gasteiger charge is 2.09. The van der Waals surface area contributed by atoms with E-state index in [1.807, 2.05) is 0 Å². The molecule has 0 radical (unpaired) electrons. The third kappa shape index (κ3) is 1.57. The van der Waals surface area contributed by atoms with E-state index in [-0.39, 0.29) is 11.3 Å². The van der Waals surface area contributed by atoms with Gasteiger partial charge in [-0.15, -0.1) is 0 Å². The molecule has 1 aromatic carbocycles. The fraction of sp³-hybridized carbons (Fsp3) is 0. The Balaban J connectivity index is 3.17. The van der Waals surface area contributed by atoms with E-state index >= 15 is 0 Å². The van der Waals surface area contributed by atoms with E-state index in [0.29, 0.717) is 0 Å². The molecule has 0 saturated carbocycles. The topological polar surface area (TPSA) is 75.7 Å². The molecule has 0 aliphatic carbocycles. The van der Waals surface area contributed by atoms with Crippen LogP contribution in [0.3, 0.4) is 0 Å². The zero-order valence-electron chi connectivity index (χ0n) is 6.04. The molecule has 0 unspecified atom stereocenters. The fourth-order valence-corrected chi connectivity index (χ4v) is 0.825. The van der Waals surface area contributed by atoms with E-state index in [4.69, 9.17) is 5.21 Å². The first-order valence-electron chi connectivity index (χ1n) is 3.16. The molecule has 1 rings (SSSR count). The Morgan fingerprint density at radius 2 is 2.17 bits per heavy atom. The number of oxime groups is 1. The Morgan fingerprint density at radius 1 is 1.50 bits per heavy atom. The van der Waals surface area contributed by atoms with Crippen LogP contribution in [0.15, 0.2) is 29.4 Å². The van der Waals surface area contributed by atoms with Gasteiger partial charge >= 0.3 is 0 Å². The SMILES string of the molecule is O=[N+]([O-])c1ccccc1C=NO. The fourth-order valence-electron chi connectivity index (χ4n) is 0.825. The molecule has 0 spiro atoms. The average Bonchev–Trinajstić information content (AvgIpc) is 2.05. The van der Waals surface area contributed by atoms with Crippen molar-refractivity contribution in [3.63, 3.8) is 0 Å². The van der Waals surface area contributed by atoms with Crippen LogP contribution < -0.4 is 0 Å². The lowest BCUT2D eigenvalue weighted by atomic mass is 10.2. The number of nitrogens with zero attached hydrogens (tertiary/aromatic N) is 2. The lowest BCUT2D eigenvalue weighted by molar-refractivity contribution is -0.385. The maximum atomic E-state index is 10.4. The third-order valence-corrected chi connectivity index (χ3v) is 1.33. The summed E-state index contributed by atoms with van der Waals surface area (Å²) in [6.07, 6.45) is 1.03. The maximum Gasteiger partial charge on any atom is 0.278 e. The summed E-state index contributed by atoms with van der Waals surface area (Å²) in [4.78, 5) is 9.83. The minimum Gasteiger partial charge on any atom is -0.411 e. The summed E-state index contributed by atoms with van der Waals surface area (Å²) in [6.45, 7) is 0. The van der Waals surface area contributed by atoms with E-state index in [0.717, 1.165) is 6.21 Å². The number of nitro benzene ring substituents is 1. The Bertz CT molecular complexity index is 322. The van der Waals surface area contributed by atoms with Crippen LogP contribution in [0.25, 0.3) is 0 Å². The first kappa shape index (κ1) is 8.19. The molecule has 0 saturated heterocycles. The van der Waals surface area contributed by atoms with E-state index in [1.165, 1.54) is 12.1 Å². The van der Waals surface area contributed by atoms with Crippen LogP contribution in [-0.4, -0.2) is 16.3 Å². The Labute approximate surface area is 68.1 Å². The number of hydrogen-bond acceptors (Lipinski definition) is 4. The molecule has 5 heteroatoms. The predicted octanol–water partition coefficient (Wildman–Crippen LogP) is 1.40. The van der Waals surface area contributed by atoms with Gasteiger partial charge in [-0.05, 0) is 6.07 Å². The van der Waals surface area contributed by atoms with Crippen LogP contribution in [0.5, 0.6) is 0 Å². The smallest absolute Gasteiger partial charge is 0.278 e. The summed E-state index contributed by atoms with van der Waals surface area (Å²) in [7, 11) is 0. The molecule has 0 fully saturated rings. The molecule has 1 aromatic rings. The van der Waals surface area contributed by atoms with Gasteiger partial charge in [-0.2, -0.15) is 0 Å². The monoisotopic (exact) mass is 166 g/mol. The largest absolute Gasteiger partial charge is 0.411 e. The van der Waals surface area contributed by atoms with Crippen molar-refractivity contribution < 1.29 is 10.1 Å². The molecule has 0 bridgehead atoms. The molecule has 0 heterocycles. The van der Waals surface area contributed by atoms with Crippen LogP contribution in [0, 0.1) is 10.1 Å². The van der Waals surface area contributed by atoms with Gasteiger partial charge in [0.25, 0.3) is 5.69 Å². The van der Waals surface area contributed by atoms with Gasteiger partial charge in [0, 0.05) is 6.07 Å². The average molecular weight is 166 g/mol. The number of hydrogen-bond donors (Lipinski definition) is 1. The van der Waals surface area contributed by atoms with Crippen LogP contribution in [-0.2, 0) is 0 Å². The van der Waals surface area contributed by atoms with Gasteiger partial charge < -0.3 is 5.21 Å². The van der Waals surface area contributed by atoms with Gasteiger partial charge in [0.15, 0.2) is 0 Å². The molecule has 0 atom stereocenters. The van der Waals surface area contributed by atoms with E-state index in [2.05, 4.69) is 5.16 Å². The Kier molecular flexibility index (Phi) is 2.37. The Hall–Kier alpha value is -1.91. The van der Waals surface area contributed by atoms with Crippen molar-refractivity contribution >= 4 is 11.9 Å². The highest BCUT2D eigenvalue weighted by molar-refractivity contribution is 5.84. The minimum absolute atomic E-state index is 0.0738. The quantitative estimate of drug-likeness (QED) is 0.312. The van der Waals surface area contributed by atoms with Gasteiger partial charge in [-0.3, -0.25) is 10.1 Å². The first-order valence-corrected chi connectivity index (χ1v) is 3.16. The van der Waals surface area contributed by atoms with Crippen LogP contribution in [0.1, 0.15) is 5.56 Å². The van der Waals surface area contributed by atoms with Crippen molar-refractivity contribution in [2.24, 2.45) is 5.16 Å².